The van der Waals surface area contributed by atoms with Gasteiger partial charge in [0.05, 0.1) is 9.92 Å². The Labute approximate surface area is 122 Å². The molecule has 2 heterocycles. The average molecular weight is 310 g/mol. The standard InChI is InChI=1S/C13H12ClN3O2S/c14-11-2-1-6-16-13(11)17-20(18,19)10-4-3-9-5-7-15-12(9)8-10/h1-4,6,8,15H,5,7H2,(H,16,17). The number of sulfonamides is 1. The molecule has 1 aliphatic rings. The Bertz CT molecular complexity index is 762. The highest BCUT2D eigenvalue weighted by Gasteiger charge is 2.19. The maximum Gasteiger partial charge on any atom is 0.263 e. The molecular weight excluding hydrogens is 298 g/mol. The molecule has 0 radical (unpaired) electrons. The zero-order valence-corrected chi connectivity index (χ0v) is 12.0. The number of hydrogen-bond donors (Lipinski definition) is 2. The van der Waals surface area contributed by atoms with Crippen molar-refractivity contribution < 1.29 is 8.42 Å². The van der Waals surface area contributed by atoms with E-state index in [-0.39, 0.29) is 15.7 Å². The molecule has 0 spiro atoms. The van der Waals surface area contributed by atoms with E-state index in [4.69, 9.17) is 11.6 Å². The SMILES string of the molecule is O=S(=O)(Nc1ncccc1Cl)c1ccc2c(c1)NCC2. The summed E-state index contributed by atoms with van der Waals surface area (Å²) in [5.74, 6) is 0.127. The van der Waals surface area contributed by atoms with Crippen molar-refractivity contribution in [1.82, 2.24) is 4.98 Å². The molecule has 0 bridgehead atoms. The molecule has 2 N–H and O–H groups in total. The number of hydrogen-bond acceptors (Lipinski definition) is 4. The first-order valence-electron chi connectivity index (χ1n) is 6.06. The van der Waals surface area contributed by atoms with E-state index in [9.17, 15) is 8.42 Å². The normalized spacial score (nSPS) is 13.7. The van der Waals surface area contributed by atoms with E-state index in [0.29, 0.717) is 0 Å². The molecule has 1 aromatic carbocycles. The van der Waals surface area contributed by atoms with Gasteiger partial charge >= 0.3 is 0 Å². The van der Waals surface area contributed by atoms with Gasteiger partial charge in [-0.05, 0) is 36.2 Å². The number of fused-ring (bicyclic) bond motifs is 1. The van der Waals surface area contributed by atoms with Crippen molar-refractivity contribution in [2.24, 2.45) is 0 Å². The molecule has 1 aromatic heterocycles. The van der Waals surface area contributed by atoms with Gasteiger partial charge in [0.1, 0.15) is 0 Å². The molecule has 0 aliphatic carbocycles. The lowest BCUT2D eigenvalue weighted by Crippen LogP contribution is -2.14. The van der Waals surface area contributed by atoms with Gasteiger partial charge in [-0.25, -0.2) is 13.4 Å². The van der Waals surface area contributed by atoms with Crippen molar-refractivity contribution in [3.8, 4) is 0 Å². The summed E-state index contributed by atoms with van der Waals surface area (Å²) in [6.45, 7) is 0.832. The molecule has 20 heavy (non-hydrogen) atoms. The van der Waals surface area contributed by atoms with E-state index in [2.05, 4.69) is 15.0 Å². The van der Waals surface area contributed by atoms with Gasteiger partial charge in [0, 0.05) is 18.4 Å². The molecule has 0 atom stereocenters. The molecule has 1 aliphatic heterocycles. The fourth-order valence-corrected chi connectivity index (χ4v) is 3.36. The van der Waals surface area contributed by atoms with Gasteiger partial charge in [-0.3, -0.25) is 4.72 Å². The first kappa shape index (κ1) is 13.2. The zero-order valence-electron chi connectivity index (χ0n) is 10.4. The average Bonchev–Trinajstić information content (AvgIpc) is 2.88. The fourth-order valence-electron chi connectivity index (χ4n) is 2.08. The quantitative estimate of drug-likeness (QED) is 0.914. The molecular formula is C13H12ClN3O2S. The number of benzene rings is 1. The van der Waals surface area contributed by atoms with Crippen LogP contribution in [0.1, 0.15) is 5.56 Å². The summed E-state index contributed by atoms with van der Waals surface area (Å²) in [5.41, 5.74) is 1.99. The molecule has 0 unspecified atom stereocenters. The Morgan fingerprint density at radius 1 is 1.30 bits per heavy atom. The topological polar surface area (TPSA) is 71.1 Å². The molecule has 0 saturated carbocycles. The Hall–Kier alpha value is -1.79. The van der Waals surface area contributed by atoms with Crippen LogP contribution in [0.25, 0.3) is 0 Å². The number of anilines is 2. The van der Waals surface area contributed by atoms with Gasteiger partial charge in [-0.15, -0.1) is 0 Å². The number of halogens is 1. The van der Waals surface area contributed by atoms with E-state index in [1.807, 2.05) is 6.07 Å². The van der Waals surface area contributed by atoms with Gasteiger partial charge in [0.25, 0.3) is 10.0 Å². The fraction of sp³-hybridized carbons (Fsp3) is 0.154. The minimum atomic E-state index is -3.69. The second-order valence-electron chi connectivity index (χ2n) is 4.44. The number of rotatable bonds is 3. The molecule has 3 rings (SSSR count). The van der Waals surface area contributed by atoms with Crippen LogP contribution in [-0.2, 0) is 16.4 Å². The van der Waals surface area contributed by atoms with Crippen molar-refractivity contribution >= 4 is 33.1 Å². The second-order valence-corrected chi connectivity index (χ2v) is 6.52. The molecule has 0 saturated heterocycles. The summed E-state index contributed by atoms with van der Waals surface area (Å²) in [6, 6.07) is 8.26. The predicted molar refractivity (Wildman–Crippen MR) is 78.7 cm³/mol. The van der Waals surface area contributed by atoms with Crippen molar-refractivity contribution in [2.45, 2.75) is 11.3 Å². The van der Waals surface area contributed by atoms with Crippen LogP contribution in [0.4, 0.5) is 11.5 Å². The summed E-state index contributed by atoms with van der Waals surface area (Å²) in [4.78, 5) is 4.11. The van der Waals surface area contributed by atoms with Gasteiger partial charge < -0.3 is 5.32 Å². The minimum Gasteiger partial charge on any atom is -0.384 e. The van der Waals surface area contributed by atoms with E-state index in [0.717, 1.165) is 24.2 Å². The third-order valence-electron chi connectivity index (χ3n) is 3.09. The molecule has 104 valence electrons. The summed E-state index contributed by atoms with van der Waals surface area (Å²) >= 11 is 5.91. The maximum atomic E-state index is 12.3. The maximum absolute atomic E-state index is 12.3. The first-order valence-corrected chi connectivity index (χ1v) is 7.92. The van der Waals surface area contributed by atoms with Crippen LogP contribution in [0.3, 0.4) is 0 Å². The lowest BCUT2D eigenvalue weighted by atomic mass is 10.2. The van der Waals surface area contributed by atoms with Crippen LogP contribution < -0.4 is 10.0 Å². The summed E-state index contributed by atoms with van der Waals surface area (Å²) in [7, 11) is -3.69. The van der Waals surface area contributed by atoms with Crippen molar-refractivity contribution in [1.29, 1.82) is 0 Å². The highest BCUT2D eigenvalue weighted by Crippen LogP contribution is 2.27. The Morgan fingerprint density at radius 2 is 2.15 bits per heavy atom. The van der Waals surface area contributed by atoms with Crippen LogP contribution in [-0.4, -0.2) is 19.9 Å². The Morgan fingerprint density at radius 3 is 2.95 bits per heavy atom. The van der Waals surface area contributed by atoms with Gasteiger partial charge in [-0.2, -0.15) is 0 Å². The lowest BCUT2D eigenvalue weighted by Gasteiger charge is -2.09. The number of pyridine rings is 1. The van der Waals surface area contributed by atoms with Gasteiger partial charge in [0.15, 0.2) is 5.82 Å². The summed E-state index contributed by atoms with van der Waals surface area (Å²) in [5, 5.41) is 3.41. The van der Waals surface area contributed by atoms with Crippen LogP contribution in [0, 0.1) is 0 Å². The van der Waals surface area contributed by atoms with E-state index >= 15 is 0 Å². The molecule has 2 aromatic rings. The number of aromatic nitrogens is 1. The van der Waals surface area contributed by atoms with Crippen LogP contribution in [0.15, 0.2) is 41.4 Å². The van der Waals surface area contributed by atoms with Crippen LogP contribution in [0.5, 0.6) is 0 Å². The van der Waals surface area contributed by atoms with Crippen molar-refractivity contribution in [3.63, 3.8) is 0 Å². The van der Waals surface area contributed by atoms with Crippen LogP contribution in [0.2, 0.25) is 5.02 Å². The van der Waals surface area contributed by atoms with E-state index < -0.39 is 10.0 Å². The highest BCUT2D eigenvalue weighted by atomic mass is 35.5. The summed E-state index contributed by atoms with van der Waals surface area (Å²) < 4.78 is 27.0. The highest BCUT2D eigenvalue weighted by molar-refractivity contribution is 7.92. The third kappa shape index (κ3) is 2.44. The Kier molecular flexibility index (Phi) is 3.27. The minimum absolute atomic E-state index is 0.127. The smallest absolute Gasteiger partial charge is 0.263 e. The number of nitrogens with one attached hydrogen (secondary N) is 2. The Balaban J connectivity index is 1.94. The monoisotopic (exact) mass is 309 g/mol. The zero-order chi connectivity index (χ0) is 14.2. The molecule has 5 nitrogen and oxygen atoms in total. The van der Waals surface area contributed by atoms with Crippen molar-refractivity contribution in [2.75, 3.05) is 16.6 Å². The van der Waals surface area contributed by atoms with Crippen LogP contribution >= 0.6 is 11.6 Å². The summed E-state index contributed by atoms with van der Waals surface area (Å²) in [6.07, 6.45) is 2.39. The number of nitrogens with zero attached hydrogens (tertiary/aromatic N) is 1. The molecule has 0 amide bonds. The first-order chi connectivity index (χ1) is 9.56. The largest absolute Gasteiger partial charge is 0.384 e. The van der Waals surface area contributed by atoms with E-state index in [1.54, 1.807) is 24.3 Å². The van der Waals surface area contributed by atoms with E-state index in [1.165, 1.54) is 6.20 Å². The van der Waals surface area contributed by atoms with Gasteiger partial charge in [-0.1, -0.05) is 17.7 Å². The van der Waals surface area contributed by atoms with Gasteiger partial charge in [0.2, 0.25) is 0 Å². The third-order valence-corrected chi connectivity index (χ3v) is 4.73. The predicted octanol–water partition coefficient (Wildman–Crippen LogP) is 2.50. The molecule has 7 heteroatoms. The lowest BCUT2D eigenvalue weighted by molar-refractivity contribution is 0.601. The molecule has 0 fully saturated rings. The second kappa shape index (κ2) is 4.96. The van der Waals surface area contributed by atoms with Crippen molar-refractivity contribution in [3.05, 3.63) is 47.1 Å².